The number of hydrogen-bond acceptors (Lipinski definition) is 2. The lowest BCUT2D eigenvalue weighted by atomic mass is 10.1. The fourth-order valence-corrected chi connectivity index (χ4v) is 3.13. The van der Waals surface area contributed by atoms with Crippen molar-refractivity contribution in [1.29, 1.82) is 0 Å². The highest BCUT2D eigenvalue weighted by Gasteiger charge is 2.08. The van der Waals surface area contributed by atoms with Gasteiger partial charge in [0.15, 0.2) is 5.78 Å². The van der Waals surface area contributed by atoms with Gasteiger partial charge < -0.3 is 0 Å². The first-order valence-corrected chi connectivity index (χ1v) is 8.74. The number of ketones is 1. The molecule has 0 aliphatic heterocycles. The molecule has 0 aliphatic carbocycles. The van der Waals surface area contributed by atoms with Gasteiger partial charge >= 0.3 is 0 Å². The van der Waals surface area contributed by atoms with Crippen LogP contribution >= 0.6 is 39.1 Å². The number of hydrogen-bond donors (Lipinski definition) is 0. The lowest BCUT2D eigenvalue weighted by molar-refractivity contribution is 0.104. The molecule has 0 aliphatic rings. The zero-order valence-corrected chi connectivity index (χ0v) is 15.8. The minimum atomic E-state index is -0.0975. The van der Waals surface area contributed by atoms with Crippen LogP contribution in [0.1, 0.15) is 21.5 Å². The third-order valence-electron chi connectivity index (χ3n) is 3.68. The van der Waals surface area contributed by atoms with Crippen molar-refractivity contribution in [2.24, 2.45) is 0 Å². The van der Waals surface area contributed by atoms with Crippen LogP contribution in [0.5, 0.6) is 0 Å². The number of halogens is 3. The zero-order valence-electron chi connectivity index (χ0n) is 12.7. The van der Waals surface area contributed by atoms with Crippen LogP contribution < -0.4 is 0 Å². The topological polar surface area (TPSA) is 30.0 Å². The molecule has 3 rings (SSSR count). The molecule has 0 saturated carbocycles. The number of carbonyl (C=O) groups is 1. The van der Waals surface area contributed by atoms with Gasteiger partial charge in [-0.1, -0.05) is 57.3 Å². The van der Waals surface area contributed by atoms with Gasteiger partial charge in [0.05, 0.1) is 5.52 Å². The summed E-state index contributed by atoms with van der Waals surface area (Å²) in [7, 11) is 0. The molecular formula is C19H12BrCl2NO. The Morgan fingerprint density at radius 1 is 1.17 bits per heavy atom. The average molecular weight is 421 g/mol. The Labute approximate surface area is 158 Å². The molecule has 0 spiro atoms. The number of allylic oxidation sites excluding steroid dienone is 1. The Balaban J connectivity index is 1.96. The summed E-state index contributed by atoms with van der Waals surface area (Å²) in [5, 5.41) is 1.92. The quantitative estimate of drug-likeness (QED) is 0.274. The zero-order chi connectivity index (χ0) is 17.3. The van der Waals surface area contributed by atoms with Crippen LogP contribution in [0.2, 0.25) is 10.2 Å². The normalized spacial score (nSPS) is 11.3. The molecule has 0 unspecified atom stereocenters. The molecule has 0 N–H and O–H groups in total. The van der Waals surface area contributed by atoms with Gasteiger partial charge in [0.2, 0.25) is 0 Å². The lowest BCUT2D eigenvalue weighted by Gasteiger charge is -2.06. The highest BCUT2D eigenvalue weighted by Crippen LogP contribution is 2.28. The molecule has 2 nitrogen and oxygen atoms in total. The van der Waals surface area contributed by atoms with Crippen molar-refractivity contribution in [3.05, 3.63) is 79.9 Å². The minimum absolute atomic E-state index is 0.0975. The fraction of sp³-hybridized carbons (Fsp3) is 0.0526. The van der Waals surface area contributed by atoms with Crippen LogP contribution in [0.4, 0.5) is 0 Å². The molecule has 0 amide bonds. The maximum absolute atomic E-state index is 12.3. The van der Waals surface area contributed by atoms with E-state index in [2.05, 4.69) is 20.9 Å². The number of benzene rings is 2. The summed E-state index contributed by atoms with van der Waals surface area (Å²) in [5.41, 5.74) is 2.95. The second kappa shape index (κ2) is 7.06. The monoisotopic (exact) mass is 419 g/mol. The van der Waals surface area contributed by atoms with E-state index in [-0.39, 0.29) is 5.78 Å². The van der Waals surface area contributed by atoms with E-state index in [1.54, 1.807) is 18.2 Å². The van der Waals surface area contributed by atoms with Crippen molar-refractivity contribution in [1.82, 2.24) is 4.98 Å². The van der Waals surface area contributed by atoms with Gasteiger partial charge in [-0.25, -0.2) is 4.98 Å². The summed E-state index contributed by atoms with van der Waals surface area (Å²) in [6.07, 6.45) is 3.18. The molecule has 0 radical (unpaired) electrons. The predicted molar refractivity (Wildman–Crippen MR) is 104 cm³/mol. The summed E-state index contributed by atoms with van der Waals surface area (Å²) in [5.74, 6) is -0.0975. The molecule has 0 fully saturated rings. The number of rotatable bonds is 3. The van der Waals surface area contributed by atoms with Crippen molar-refractivity contribution >= 4 is 61.9 Å². The molecule has 24 heavy (non-hydrogen) atoms. The first-order valence-electron chi connectivity index (χ1n) is 7.19. The first kappa shape index (κ1) is 17.2. The third kappa shape index (κ3) is 3.54. The Morgan fingerprint density at radius 3 is 2.71 bits per heavy atom. The van der Waals surface area contributed by atoms with Gasteiger partial charge in [0.1, 0.15) is 5.15 Å². The summed E-state index contributed by atoms with van der Waals surface area (Å²) in [6.45, 7) is 1.90. The number of aromatic nitrogens is 1. The summed E-state index contributed by atoms with van der Waals surface area (Å²) >= 11 is 15.7. The van der Waals surface area contributed by atoms with Crippen LogP contribution in [0.15, 0.2) is 53.0 Å². The van der Waals surface area contributed by atoms with Crippen LogP contribution in [0.25, 0.3) is 17.0 Å². The van der Waals surface area contributed by atoms with E-state index in [0.29, 0.717) is 21.3 Å². The van der Waals surface area contributed by atoms with E-state index in [1.807, 2.05) is 37.3 Å². The molecule has 0 bridgehead atoms. The third-order valence-corrected chi connectivity index (χ3v) is 4.88. The van der Waals surface area contributed by atoms with Crippen LogP contribution in [0.3, 0.4) is 0 Å². The number of fused-ring (bicyclic) bond motifs is 1. The molecule has 0 saturated heterocycles. The number of carbonyl (C=O) groups excluding carboxylic acids is 1. The summed E-state index contributed by atoms with van der Waals surface area (Å²) in [4.78, 5) is 16.7. The molecule has 1 aromatic heterocycles. The molecular weight excluding hydrogens is 409 g/mol. The number of nitrogens with zero attached hydrogens (tertiary/aromatic N) is 1. The van der Waals surface area contributed by atoms with Crippen molar-refractivity contribution < 1.29 is 4.79 Å². The van der Waals surface area contributed by atoms with E-state index in [0.717, 1.165) is 20.9 Å². The molecule has 2 aromatic carbocycles. The van der Waals surface area contributed by atoms with Crippen molar-refractivity contribution in [3.8, 4) is 0 Å². The van der Waals surface area contributed by atoms with Crippen molar-refractivity contribution in [2.75, 3.05) is 0 Å². The fourth-order valence-electron chi connectivity index (χ4n) is 2.37. The Kier molecular flexibility index (Phi) is 5.04. The smallest absolute Gasteiger partial charge is 0.185 e. The molecule has 1 heterocycles. The van der Waals surface area contributed by atoms with Gasteiger partial charge in [-0.2, -0.15) is 0 Å². The molecule has 120 valence electrons. The van der Waals surface area contributed by atoms with E-state index < -0.39 is 0 Å². The second-order valence-corrected chi connectivity index (χ2v) is 7.00. The van der Waals surface area contributed by atoms with Gasteiger partial charge in [-0.05, 0) is 48.9 Å². The SMILES string of the molecule is Cc1c(Cl)ccc2cc(/C=C/C(=O)c3cccc(Br)c3)c(Cl)nc12. The summed E-state index contributed by atoms with van der Waals surface area (Å²) in [6, 6.07) is 12.9. The Bertz CT molecular complexity index is 983. The molecule has 5 heteroatoms. The maximum atomic E-state index is 12.3. The van der Waals surface area contributed by atoms with Crippen molar-refractivity contribution in [2.45, 2.75) is 6.92 Å². The largest absolute Gasteiger partial charge is 0.289 e. The highest BCUT2D eigenvalue weighted by atomic mass is 79.9. The van der Waals surface area contributed by atoms with E-state index >= 15 is 0 Å². The lowest BCUT2D eigenvalue weighted by Crippen LogP contribution is -1.94. The standard InChI is InChI=1S/C19H12BrCl2NO/c1-11-16(21)7-5-13-9-14(19(22)23-18(11)13)6-8-17(24)12-3-2-4-15(20)10-12/h2-10H,1H3/b8-6+. The number of pyridine rings is 1. The minimum Gasteiger partial charge on any atom is -0.289 e. The Hall–Kier alpha value is -1.68. The van der Waals surface area contributed by atoms with Gasteiger partial charge in [0.25, 0.3) is 0 Å². The second-order valence-electron chi connectivity index (χ2n) is 5.32. The molecule has 3 aromatic rings. The first-order chi connectivity index (χ1) is 11.5. The van der Waals surface area contributed by atoms with Crippen LogP contribution in [-0.4, -0.2) is 10.8 Å². The Morgan fingerprint density at radius 2 is 1.96 bits per heavy atom. The molecule has 0 atom stereocenters. The predicted octanol–water partition coefficient (Wildman–Crippen LogP) is 6.51. The van der Waals surface area contributed by atoms with E-state index in [9.17, 15) is 4.79 Å². The van der Waals surface area contributed by atoms with E-state index in [4.69, 9.17) is 23.2 Å². The number of aryl methyl sites for hydroxylation is 1. The maximum Gasteiger partial charge on any atom is 0.185 e. The van der Waals surface area contributed by atoms with Crippen LogP contribution in [-0.2, 0) is 0 Å². The highest BCUT2D eigenvalue weighted by molar-refractivity contribution is 9.10. The van der Waals surface area contributed by atoms with Gasteiger partial charge in [-0.3, -0.25) is 4.79 Å². The summed E-state index contributed by atoms with van der Waals surface area (Å²) < 4.78 is 0.861. The van der Waals surface area contributed by atoms with E-state index in [1.165, 1.54) is 6.08 Å². The van der Waals surface area contributed by atoms with Crippen molar-refractivity contribution in [3.63, 3.8) is 0 Å². The van der Waals surface area contributed by atoms with Crippen LogP contribution in [0, 0.1) is 6.92 Å². The van der Waals surface area contributed by atoms with Gasteiger partial charge in [-0.15, -0.1) is 0 Å². The average Bonchev–Trinajstić information content (AvgIpc) is 2.57. The van der Waals surface area contributed by atoms with Gasteiger partial charge in [0, 0.05) is 26.0 Å².